The van der Waals surface area contributed by atoms with E-state index in [2.05, 4.69) is 12.1 Å². The summed E-state index contributed by atoms with van der Waals surface area (Å²) in [6.45, 7) is 5.04. The molecule has 0 aromatic heterocycles. The highest BCUT2D eigenvalue weighted by Crippen LogP contribution is 2.33. The molecule has 150 valence electrons. The Morgan fingerprint density at radius 2 is 1.76 bits per heavy atom. The van der Waals surface area contributed by atoms with Crippen LogP contribution in [0.3, 0.4) is 0 Å². The number of aryl methyl sites for hydroxylation is 1. The zero-order valence-electron chi connectivity index (χ0n) is 16.7. The van der Waals surface area contributed by atoms with Crippen molar-refractivity contribution in [2.45, 2.75) is 25.8 Å². The van der Waals surface area contributed by atoms with Gasteiger partial charge in [0.1, 0.15) is 6.04 Å². The van der Waals surface area contributed by atoms with Crippen molar-refractivity contribution in [3.05, 3.63) is 70.8 Å². The number of nitrogens with zero attached hydrogens (tertiary/aromatic N) is 2. The highest BCUT2D eigenvalue weighted by Gasteiger charge is 2.44. The van der Waals surface area contributed by atoms with Crippen molar-refractivity contribution in [2.75, 3.05) is 19.6 Å². The summed E-state index contributed by atoms with van der Waals surface area (Å²) in [5.74, 6) is -0.711. The van der Waals surface area contributed by atoms with Crippen molar-refractivity contribution in [3.63, 3.8) is 0 Å². The first kappa shape index (κ1) is 19.3. The lowest BCUT2D eigenvalue weighted by molar-refractivity contribution is -0.134. The largest absolute Gasteiger partial charge is 0.340 e. The highest BCUT2D eigenvalue weighted by molar-refractivity contribution is 6.22. The number of carbonyl (C=O) groups is 3. The Bertz CT molecular complexity index is 973. The first-order valence-electron chi connectivity index (χ1n) is 9.94. The van der Waals surface area contributed by atoms with Gasteiger partial charge in [0.05, 0.1) is 11.1 Å². The number of likely N-dealkylation sites (tertiary alicyclic amines) is 1. The molecule has 3 atom stereocenters. The molecule has 0 aliphatic carbocycles. The van der Waals surface area contributed by atoms with Gasteiger partial charge in [0.25, 0.3) is 11.8 Å². The lowest BCUT2D eigenvalue weighted by Gasteiger charge is -2.26. The number of rotatable bonds is 4. The summed E-state index contributed by atoms with van der Waals surface area (Å²) in [6, 6.07) is 14.4. The van der Waals surface area contributed by atoms with Crippen LogP contribution in [0.4, 0.5) is 0 Å². The maximum Gasteiger partial charge on any atom is 0.262 e. The van der Waals surface area contributed by atoms with Gasteiger partial charge in [-0.15, -0.1) is 0 Å². The summed E-state index contributed by atoms with van der Waals surface area (Å²) in [6.07, 6.45) is 0. The average Bonchev–Trinajstić information content (AvgIpc) is 3.27. The van der Waals surface area contributed by atoms with Crippen LogP contribution >= 0.6 is 0 Å². The first-order valence-corrected chi connectivity index (χ1v) is 9.94. The Kier molecular flexibility index (Phi) is 4.96. The van der Waals surface area contributed by atoms with Crippen LogP contribution in [-0.2, 0) is 4.79 Å². The molecular weight excluding hydrogens is 366 g/mol. The molecule has 2 aromatic rings. The standard InChI is InChI=1S/C23H25N3O3/c1-14-8-9-18-19(10-14)23(29)26(22(18)28)15(2)21(27)25-12-17(11-24)20(13-25)16-6-4-3-5-7-16/h3-10,15,17,20H,11-13,24H2,1-2H3/t15?,17-,20+/m1/s1. The Morgan fingerprint density at radius 1 is 1.07 bits per heavy atom. The Balaban J connectivity index is 1.54. The summed E-state index contributed by atoms with van der Waals surface area (Å²) in [7, 11) is 0. The third-order valence-corrected chi connectivity index (χ3v) is 6.10. The van der Waals surface area contributed by atoms with Gasteiger partial charge in [-0.25, -0.2) is 0 Å². The van der Waals surface area contributed by atoms with Crippen LogP contribution < -0.4 is 5.73 Å². The van der Waals surface area contributed by atoms with Crippen LogP contribution in [0.2, 0.25) is 0 Å². The number of benzene rings is 2. The molecule has 4 rings (SSSR count). The molecule has 29 heavy (non-hydrogen) atoms. The fourth-order valence-corrected chi connectivity index (χ4v) is 4.47. The van der Waals surface area contributed by atoms with Gasteiger partial charge in [-0.2, -0.15) is 0 Å². The van der Waals surface area contributed by atoms with Crippen LogP contribution in [0.1, 0.15) is 44.7 Å². The molecule has 2 N–H and O–H groups in total. The van der Waals surface area contributed by atoms with E-state index in [1.165, 1.54) is 0 Å². The lowest BCUT2D eigenvalue weighted by atomic mass is 9.89. The quantitative estimate of drug-likeness (QED) is 0.810. The van der Waals surface area contributed by atoms with Crippen molar-refractivity contribution in [2.24, 2.45) is 11.7 Å². The van der Waals surface area contributed by atoms with Crippen molar-refractivity contribution < 1.29 is 14.4 Å². The molecule has 1 saturated heterocycles. The van der Waals surface area contributed by atoms with Gasteiger partial charge >= 0.3 is 0 Å². The fourth-order valence-electron chi connectivity index (χ4n) is 4.47. The molecule has 2 aromatic carbocycles. The van der Waals surface area contributed by atoms with Gasteiger partial charge in [-0.1, -0.05) is 42.0 Å². The molecule has 0 saturated carbocycles. The minimum atomic E-state index is -0.851. The van der Waals surface area contributed by atoms with Crippen molar-refractivity contribution in [1.29, 1.82) is 0 Å². The van der Waals surface area contributed by atoms with Crippen LogP contribution in [0.25, 0.3) is 0 Å². The Labute approximate surface area is 170 Å². The smallest absolute Gasteiger partial charge is 0.262 e. The average molecular weight is 391 g/mol. The molecule has 2 heterocycles. The monoisotopic (exact) mass is 391 g/mol. The SMILES string of the molecule is Cc1ccc2c(c1)C(=O)N(C(C)C(=O)N1C[C@@H](CN)[C@H](c3ccccc3)C1)C2=O. The summed E-state index contributed by atoms with van der Waals surface area (Å²) < 4.78 is 0. The number of hydrogen-bond donors (Lipinski definition) is 1. The van der Waals surface area contributed by atoms with Crippen LogP contribution in [0.15, 0.2) is 48.5 Å². The van der Waals surface area contributed by atoms with E-state index in [1.54, 1.807) is 30.0 Å². The highest BCUT2D eigenvalue weighted by atomic mass is 16.2. The molecule has 1 fully saturated rings. The van der Waals surface area contributed by atoms with Gasteiger partial charge in [0.15, 0.2) is 0 Å². The minimum Gasteiger partial charge on any atom is -0.340 e. The number of amides is 3. The van der Waals surface area contributed by atoms with Gasteiger partial charge < -0.3 is 10.6 Å². The number of nitrogens with two attached hydrogens (primary N) is 1. The molecule has 0 bridgehead atoms. The number of hydrogen-bond acceptors (Lipinski definition) is 4. The second-order valence-corrected chi connectivity index (χ2v) is 7.96. The molecule has 0 spiro atoms. The van der Waals surface area contributed by atoms with Crippen LogP contribution in [-0.4, -0.2) is 53.2 Å². The lowest BCUT2D eigenvalue weighted by Crippen LogP contribution is -2.49. The second kappa shape index (κ2) is 7.44. The van der Waals surface area contributed by atoms with Gasteiger partial charge in [-0.3, -0.25) is 19.3 Å². The third-order valence-electron chi connectivity index (χ3n) is 6.10. The van der Waals surface area contributed by atoms with E-state index < -0.39 is 17.9 Å². The van der Waals surface area contributed by atoms with E-state index >= 15 is 0 Å². The summed E-state index contributed by atoms with van der Waals surface area (Å²) in [5.41, 5.74) is 8.78. The zero-order chi connectivity index (χ0) is 20.7. The Morgan fingerprint density at radius 3 is 2.45 bits per heavy atom. The summed E-state index contributed by atoms with van der Waals surface area (Å²) in [5, 5.41) is 0. The van der Waals surface area contributed by atoms with Crippen molar-refractivity contribution in [1.82, 2.24) is 9.80 Å². The molecule has 2 aliphatic rings. The van der Waals surface area contributed by atoms with Gasteiger partial charge in [0, 0.05) is 19.0 Å². The number of fused-ring (bicyclic) bond motifs is 1. The molecule has 6 heteroatoms. The summed E-state index contributed by atoms with van der Waals surface area (Å²) >= 11 is 0. The third kappa shape index (κ3) is 3.23. The van der Waals surface area contributed by atoms with E-state index in [9.17, 15) is 14.4 Å². The van der Waals surface area contributed by atoms with Crippen LogP contribution in [0.5, 0.6) is 0 Å². The molecular formula is C23H25N3O3. The van der Waals surface area contributed by atoms with E-state index in [0.29, 0.717) is 30.8 Å². The predicted molar refractivity (Wildman–Crippen MR) is 109 cm³/mol. The van der Waals surface area contributed by atoms with Crippen molar-refractivity contribution >= 4 is 17.7 Å². The van der Waals surface area contributed by atoms with Gasteiger partial charge in [0.2, 0.25) is 5.91 Å². The number of imide groups is 1. The zero-order valence-corrected chi connectivity index (χ0v) is 16.7. The van der Waals surface area contributed by atoms with Crippen LogP contribution in [0, 0.1) is 12.8 Å². The maximum atomic E-state index is 13.2. The molecule has 0 radical (unpaired) electrons. The minimum absolute atomic E-state index is 0.151. The molecule has 1 unspecified atom stereocenters. The Hall–Kier alpha value is -2.99. The first-order chi connectivity index (χ1) is 13.9. The van der Waals surface area contributed by atoms with E-state index in [-0.39, 0.29) is 17.7 Å². The topological polar surface area (TPSA) is 83.7 Å². The van der Waals surface area contributed by atoms with Gasteiger partial charge in [-0.05, 0) is 44.0 Å². The second-order valence-electron chi connectivity index (χ2n) is 7.96. The predicted octanol–water partition coefficient (Wildman–Crippen LogP) is 2.18. The normalized spacial score (nSPS) is 22.2. The molecule has 2 aliphatic heterocycles. The fraction of sp³-hybridized carbons (Fsp3) is 0.348. The maximum absolute atomic E-state index is 13.2. The summed E-state index contributed by atoms with van der Waals surface area (Å²) in [4.78, 5) is 41.7. The number of carbonyl (C=O) groups excluding carboxylic acids is 3. The van der Waals surface area contributed by atoms with E-state index in [0.717, 1.165) is 16.0 Å². The van der Waals surface area contributed by atoms with E-state index in [1.807, 2.05) is 25.1 Å². The molecule has 3 amide bonds. The molecule has 6 nitrogen and oxygen atoms in total. The van der Waals surface area contributed by atoms with E-state index in [4.69, 9.17) is 5.73 Å². The van der Waals surface area contributed by atoms with Crippen molar-refractivity contribution in [3.8, 4) is 0 Å².